The van der Waals surface area contributed by atoms with Crippen molar-refractivity contribution in [2.45, 2.75) is 26.4 Å². The first-order chi connectivity index (χ1) is 9.25. The van der Waals surface area contributed by atoms with Gasteiger partial charge in [0, 0.05) is 31.2 Å². The van der Waals surface area contributed by atoms with Crippen LogP contribution in [0.3, 0.4) is 0 Å². The van der Waals surface area contributed by atoms with E-state index >= 15 is 0 Å². The topological polar surface area (TPSA) is 15.3 Å². The van der Waals surface area contributed by atoms with Crippen molar-refractivity contribution in [1.29, 1.82) is 0 Å². The Morgan fingerprint density at radius 2 is 1.35 bits per heavy atom. The standard InChI is InChI=1S/C13H17F5N2/c1-7(2)19-4-5-20(3)6-8-9(14)11(16)13(18)12(17)10(8)15/h7,19H,4-6H2,1-3H3. The summed E-state index contributed by atoms with van der Waals surface area (Å²) in [5.41, 5.74) is -0.812. The highest BCUT2D eigenvalue weighted by Gasteiger charge is 2.25. The van der Waals surface area contributed by atoms with Crippen LogP contribution < -0.4 is 5.32 Å². The van der Waals surface area contributed by atoms with Crippen LogP contribution in [0.5, 0.6) is 0 Å². The smallest absolute Gasteiger partial charge is 0.200 e. The van der Waals surface area contributed by atoms with E-state index in [2.05, 4.69) is 5.32 Å². The molecule has 0 saturated heterocycles. The lowest BCUT2D eigenvalue weighted by atomic mass is 10.1. The fourth-order valence-electron chi connectivity index (χ4n) is 1.68. The summed E-state index contributed by atoms with van der Waals surface area (Å²) < 4.78 is 65.8. The van der Waals surface area contributed by atoms with Gasteiger partial charge in [0.2, 0.25) is 5.82 Å². The van der Waals surface area contributed by atoms with Gasteiger partial charge in [-0.25, -0.2) is 22.0 Å². The van der Waals surface area contributed by atoms with Crippen molar-refractivity contribution in [1.82, 2.24) is 10.2 Å². The van der Waals surface area contributed by atoms with E-state index in [1.54, 1.807) is 7.05 Å². The van der Waals surface area contributed by atoms with Gasteiger partial charge in [-0.3, -0.25) is 0 Å². The Bertz CT molecular complexity index is 447. The van der Waals surface area contributed by atoms with Gasteiger partial charge in [0.05, 0.1) is 0 Å². The minimum absolute atomic E-state index is 0.248. The molecule has 114 valence electrons. The Morgan fingerprint density at radius 3 is 1.80 bits per heavy atom. The van der Waals surface area contributed by atoms with Crippen LogP contribution in [0.15, 0.2) is 0 Å². The highest BCUT2D eigenvalue weighted by atomic mass is 19.2. The molecule has 0 bridgehead atoms. The van der Waals surface area contributed by atoms with Crippen molar-refractivity contribution in [2.24, 2.45) is 0 Å². The summed E-state index contributed by atoms with van der Waals surface area (Å²) in [6.07, 6.45) is 0. The van der Waals surface area contributed by atoms with Gasteiger partial charge in [-0.05, 0) is 7.05 Å². The maximum absolute atomic E-state index is 13.5. The molecule has 1 aromatic carbocycles. The highest BCUT2D eigenvalue weighted by molar-refractivity contribution is 5.24. The Hall–Kier alpha value is -1.21. The van der Waals surface area contributed by atoms with Gasteiger partial charge >= 0.3 is 0 Å². The van der Waals surface area contributed by atoms with Crippen molar-refractivity contribution in [3.05, 3.63) is 34.6 Å². The van der Waals surface area contributed by atoms with E-state index in [1.807, 2.05) is 13.8 Å². The zero-order chi connectivity index (χ0) is 15.4. The lowest BCUT2D eigenvalue weighted by molar-refractivity contribution is 0.296. The fourth-order valence-corrected chi connectivity index (χ4v) is 1.68. The van der Waals surface area contributed by atoms with Gasteiger partial charge in [-0.2, -0.15) is 0 Å². The first kappa shape index (κ1) is 16.8. The van der Waals surface area contributed by atoms with Crippen molar-refractivity contribution >= 4 is 0 Å². The van der Waals surface area contributed by atoms with Gasteiger partial charge in [0.1, 0.15) is 0 Å². The molecule has 0 saturated carbocycles. The number of hydrogen-bond acceptors (Lipinski definition) is 2. The molecule has 1 N–H and O–H groups in total. The third-order valence-electron chi connectivity index (χ3n) is 2.77. The summed E-state index contributed by atoms with van der Waals surface area (Å²) in [6.45, 7) is 4.47. The molecule has 0 amide bonds. The second-order valence-electron chi connectivity index (χ2n) is 4.90. The van der Waals surface area contributed by atoms with Crippen LogP contribution >= 0.6 is 0 Å². The van der Waals surface area contributed by atoms with Crippen LogP contribution in [-0.4, -0.2) is 31.1 Å². The predicted molar refractivity (Wildman–Crippen MR) is 65.7 cm³/mol. The minimum atomic E-state index is -2.13. The molecule has 1 rings (SSSR count). The molecule has 0 spiro atoms. The molecule has 0 fully saturated rings. The summed E-state index contributed by atoms with van der Waals surface area (Å²) in [7, 11) is 1.54. The maximum atomic E-state index is 13.5. The average Bonchev–Trinajstić information content (AvgIpc) is 2.39. The molecule has 0 heterocycles. The third-order valence-corrected chi connectivity index (χ3v) is 2.77. The largest absolute Gasteiger partial charge is 0.313 e. The van der Waals surface area contributed by atoms with Crippen LogP contribution in [0.1, 0.15) is 19.4 Å². The molecule has 20 heavy (non-hydrogen) atoms. The number of benzene rings is 1. The number of likely N-dealkylation sites (N-methyl/N-ethyl adjacent to an activating group) is 1. The van der Waals surface area contributed by atoms with E-state index < -0.39 is 34.6 Å². The van der Waals surface area contributed by atoms with Crippen LogP contribution in [0.25, 0.3) is 0 Å². The first-order valence-corrected chi connectivity index (χ1v) is 6.18. The fraction of sp³-hybridized carbons (Fsp3) is 0.538. The van der Waals surface area contributed by atoms with Gasteiger partial charge in [-0.1, -0.05) is 13.8 Å². The number of nitrogens with one attached hydrogen (secondary N) is 1. The second-order valence-corrected chi connectivity index (χ2v) is 4.90. The van der Waals surface area contributed by atoms with E-state index in [1.165, 1.54) is 4.90 Å². The Balaban J connectivity index is 2.82. The van der Waals surface area contributed by atoms with Crippen molar-refractivity contribution < 1.29 is 22.0 Å². The van der Waals surface area contributed by atoms with Gasteiger partial charge in [-0.15, -0.1) is 0 Å². The van der Waals surface area contributed by atoms with E-state index in [4.69, 9.17) is 0 Å². The zero-order valence-corrected chi connectivity index (χ0v) is 11.5. The SMILES string of the molecule is CC(C)NCCN(C)Cc1c(F)c(F)c(F)c(F)c1F. The molecule has 2 nitrogen and oxygen atoms in total. The molecule has 0 aliphatic carbocycles. The summed E-state index contributed by atoms with van der Waals surface area (Å²) in [5, 5.41) is 3.09. The number of halogens is 5. The third kappa shape index (κ3) is 3.89. The number of nitrogens with zero attached hydrogens (tertiary/aromatic N) is 1. The quantitative estimate of drug-likeness (QED) is 0.493. The zero-order valence-electron chi connectivity index (χ0n) is 11.5. The molecule has 0 aromatic heterocycles. The lowest BCUT2D eigenvalue weighted by Gasteiger charge is -2.19. The summed E-state index contributed by atoms with van der Waals surface area (Å²) in [6, 6.07) is 0.248. The first-order valence-electron chi connectivity index (χ1n) is 6.18. The Labute approximate surface area is 114 Å². The summed E-state index contributed by atoms with van der Waals surface area (Å²) in [5.74, 6) is -9.50. The second kappa shape index (κ2) is 6.99. The van der Waals surface area contributed by atoms with Crippen LogP contribution in [-0.2, 0) is 6.54 Å². The lowest BCUT2D eigenvalue weighted by Crippen LogP contribution is -2.33. The van der Waals surface area contributed by atoms with E-state index in [0.717, 1.165) is 0 Å². The van der Waals surface area contributed by atoms with Gasteiger partial charge in [0.15, 0.2) is 23.3 Å². The molecule has 1 aromatic rings. The molecule has 0 atom stereocenters. The molecular weight excluding hydrogens is 279 g/mol. The monoisotopic (exact) mass is 296 g/mol. The van der Waals surface area contributed by atoms with Crippen LogP contribution in [0.2, 0.25) is 0 Å². The van der Waals surface area contributed by atoms with Gasteiger partial charge in [0.25, 0.3) is 0 Å². The molecule has 0 radical (unpaired) electrons. The van der Waals surface area contributed by atoms with Gasteiger partial charge < -0.3 is 10.2 Å². The van der Waals surface area contributed by atoms with E-state index in [9.17, 15) is 22.0 Å². The predicted octanol–water partition coefficient (Wildman–Crippen LogP) is 2.81. The average molecular weight is 296 g/mol. The van der Waals surface area contributed by atoms with Crippen LogP contribution in [0, 0.1) is 29.1 Å². The Kier molecular flexibility index (Phi) is 5.88. The molecule has 7 heteroatoms. The van der Waals surface area contributed by atoms with E-state index in [0.29, 0.717) is 13.1 Å². The molecule has 0 unspecified atom stereocenters. The maximum Gasteiger partial charge on any atom is 0.200 e. The molecule has 0 aliphatic rings. The van der Waals surface area contributed by atoms with Crippen molar-refractivity contribution in [3.63, 3.8) is 0 Å². The summed E-state index contributed by atoms with van der Waals surface area (Å²) in [4.78, 5) is 1.48. The summed E-state index contributed by atoms with van der Waals surface area (Å²) >= 11 is 0. The number of rotatable bonds is 6. The normalized spacial score (nSPS) is 11.7. The van der Waals surface area contributed by atoms with Crippen LogP contribution in [0.4, 0.5) is 22.0 Å². The van der Waals surface area contributed by atoms with Crippen molar-refractivity contribution in [2.75, 3.05) is 20.1 Å². The van der Waals surface area contributed by atoms with Crippen molar-refractivity contribution in [3.8, 4) is 0 Å². The molecule has 0 aliphatic heterocycles. The molecular formula is C13H17F5N2. The highest BCUT2D eigenvalue weighted by Crippen LogP contribution is 2.23. The van der Waals surface area contributed by atoms with E-state index in [-0.39, 0.29) is 12.6 Å². The number of hydrogen-bond donors (Lipinski definition) is 1. The Morgan fingerprint density at radius 1 is 0.900 bits per heavy atom. The minimum Gasteiger partial charge on any atom is -0.313 e.